The van der Waals surface area contributed by atoms with Crippen LogP contribution in [-0.4, -0.2) is 49.8 Å². The Bertz CT molecular complexity index is 288. The Morgan fingerprint density at radius 1 is 1.60 bits per heavy atom. The summed E-state index contributed by atoms with van der Waals surface area (Å²) in [4.78, 5) is 22.6. The molecule has 84 valence electrons. The second-order valence-electron chi connectivity index (χ2n) is 3.21. The molecule has 1 heterocycles. The van der Waals surface area contributed by atoms with Crippen LogP contribution in [0.2, 0.25) is 0 Å². The molecule has 0 radical (unpaired) electrons. The molecule has 0 spiro atoms. The lowest BCUT2D eigenvalue weighted by Crippen LogP contribution is -2.38. The molecule has 0 fully saturated rings. The van der Waals surface area contributed by atoms with Crippen molar-refractivity contribution in [2.45, 2.75) is 12.8 Å². The van der Waals surface area contributed by atoms with Crippen LogP contribution in [0.1, 0.15) is 12.8 Å². The fourth-order valence-corrected chi connectivity index (χ4v) is 1.20. The third-order valence-electron chi connectivity index (χ3n) is 2.06. The number of hydrogen-bond acceptors (Lipinski definition) is 4. The van der Waals surface area contributed by atoms with E-state index in [-0.39, 0.29) is 11.8 Å². The Hall–Kier alpha value is -1.43. The standard InChI is InChI=1S/C9H15N3O3/c1-12-8(13)4-3-7(11-12)9(14)10-5-6-15-2/h3-6H2,1-2H3,(H,10,14). The quantitative estimate of drug-likeness (QED) is 0.631. The number of hydrazone groups is 1. The van der Waals surface area contributed by atoms with Crippen molar-refractivity contribution in [2.75, 3.05) is 27.3 Å². The van der Waals surface area contributed by atoms with Crippen LogP contribution in [0.4, 0.5) is 0 Å². The van der Waals surface area contributed by atoms with E-state index in [2.05, 4.69) is 10.4 Å². The summed E-state index contributed by atoms with van der Waals surface area (Å²) in [5.74, 6) is -0.296. The Balaban J connectivity index is 2.46. The molecule has 0 aromatic carbocycles. The Labute approximate surface area is 88.3 Å². The highest BCUT2D eigenvalue weighted by Crippen LogP contribution is 2.06. The number of nitrogens with one attached hydrogen (secondary N) is 1. The number of carbonyl (C=O) groups is 2. The Morgan fingerprint density at radius 3 is 2.93 bits per heavy atom. The lowest BCUT2D eigenvalue weighted by molar-refractivity contribution is -0.130. The van der Waals surface area contributed by atoms with Gasteiger partial charge in [0.2, 0.25) is 5.91 Å². The Kier molecular flexibility index (Phi) is 4.23. The van der Waals surface area contributed by atoms with Crippen LogP contribution in [0.25, 0.3) is 0 Å². The minimum atomic E-state index is -0.230. The summed E-state index contributed by atoms with van der Waals surface area (Å²) in [6.45, 7) is 0.916. The van der Waals surface area contributed by atoms with Crippen LogP contribution >= 0.6 is 0 Å². The van der Waals surface area contributed by atoms with Gasteiger partial charge in [-0.3, -0.25) is 9.59 Å². The van der Waals surface area contributed by atoms with Gasteiger partial charge in [-0.25, -0.2) is 5.01 Å². The number of methoxy groups -OCH3 is 1. The van der Waals surface area contributed by atoms with Gasteiger partial charge in [0.1, 0.15) is 5.71 Å². The highest BCUT2D eigenvalue weighted by molar-refractivity contribution is 6.39. The molecular formula is C9H15N3O3. The van der Waals surface area contributed by atoms with E-state index >= 15 is 0 Å². The van der Waals surface area contributed by atoms with E-state index in [4.69, 9.17) is 4.74 Å². The summed E-state index contributed by atoms with van der Waals surface area (Å²) in [6.07, 6.45) is 0.745. The van der Waals surface area contributed by atoms with Gasteiger partial charge >= 0.3 is 0 Å². The van der Waals surface area contributed by atoms with E-state index in [0.717, 1.165) is 0 Å². The van der Waals surface area contributed by atoms with Crippen molar-refractivity contribution in [1.82, 2.24) is 10.3 Å². The SMILES string of the molecule is COCCNC(=O)C1=NN(C)C(=O)CC1. The first-order valence-corrected chi connectivity index (χ1v) is 4.76. The van der Waals surface area contributed by atoms with E-state index in [1.54, 1.807) is 14.2 Å². The highest BCUT2D eigenvalue weighted by atomic mass is 16.5. The molecule has 1 N–H and O–H groups in total. The van der Waals surface area contributed by atoms with Crippen molar-refractivity contribution in [3.8, 4) is 0 Å². The monoisotopic (exact) mass is 213 g/mol. The average Bonchev–Trinajstić information content (AvgIpc) is 2.22. The molecule has 0 bridgehead atoms. The number of nitrogens with zero attached hydrogens (tertiary/aromatic N) is 2. The van der Waals surface area contributed by atoms with E-state index in [1.807, 2.05) is 0 Å². The smallest absolute Gasteiger partial charge is 0.267 e. The van der Waals surface area contributed by atoms with Crippen LogP contribution in [-0.2, 0) is 14.3 Å². The molecule has 0 aromatic heterocycles. The maximum Gasteiger partial charge on any atom is 0.267 e. The van der Waals surface area contributed by atoms with Gasteiger partial charge in [-0.05, 0) is 0 Å². The number of carbonyl (C=O) groups excluding carboxylic acids is 2. The van der Waals surface area contributed by atoms with Gasteiger partial charge in [0.05, 0.1) is 6.61 Å². The highest BCUT2D eigenvalue weighted by Gasteiger charge is 2.21. The zero-order valence-corrected chi connectivity index (χ0v) is 8.95. The molecule has 0 unspecified atom stereocenters. The van der Waals surface area contributed by atoms with Gasteiger partial charge in [0.15, 0.2) is 0 Å². The van der Waals surface area contributed by atoms with Gasteiger partial charge in [0.25, 0.3) is 5.91 Å². The molecule has 15 heavy (non-hydrogen) atoms. The predicted molar refractivity (Wildman–Crippen MR) is 54.3 cm³/mol. The first-order chi connectivity index (χ1) is 7.15. The predicted octanol–water partition coefficient (Wildman–Crippen LogP) is -0.643. The van der Waals surface area contributed by atoms with Crippen molar-refractivity contribution in [1.29, 1.82) is 0 Å². The molecule has 0 aromatic rings. The second-order valence-corrected chi connectivity index (χ2v) is 3.21. The maximum atomic E-state index is 11.5. The van der Waals surface area contributed by atoms with Crippen LogP contribution in [0.15, 0.2) is 5.10 Å². The summed E-state index contributed by atoms with van der Waals surface area (Å²) >= 11 is 0. The van der Waals surface area contributed by atoms with Gasteiger partial charge in [-0.15, -0.1) is 0 Å². The molecular weight excluding hydrogens is 198 g/mol. The first kappa shape index (κ1) is 11.6. The largest absolute Gasteiger partial charge is 0.383 e. The summed E-state index contributed by atoms with van der Waals surface area (Å²) in [5.41, 5.74) is 0.396. The summed E-state index contributed by atoms with van der Waals surface area (Å²) < 4.78 is 4.80. The number of ether oxygens (including phenoxy) is 1. The van der Waals surface area contributed by atoms with Crippen molar-refractivity contribution in [3.05, 3.63) is 0 Å². The molecule has 0 aliphatic carbocycles. The first-order valence-electron chi connectivity index (χ1n) is 4.76. The van der Waals surface area contributed by atoms with Crippen LogP contribution in [0.3, 0.4) is 0 Å². The van der Waals surface area contributed by atoms with Gasteiger partial charge in [-0.1, -0.05) is 0 Å². The minimum absolute atomic E-state index is 0.0663. The summed E-state index contributed by atoms with van der Waals surface area (Å²) in [6, 6.07) is 0. The molecule has 2 amide bonds. The maximum absolute atomic E-state index is 11.5. The van der Waals surface area contributed by atoms with Crippen LogP contribution in [0.5, 0.6) is 0 Å². The molecule has 0 saturated carbocycles. The zero-order chi connectivity index (χ0) is 11.3. The average molecular weight is 213 g/mol. The Morgan fingerprint density at radius 2 is 2.33 bits per heavy atom. The molecule has 1 aliphatic heterocycles. The van der Waals surface area contributed by atoms with Gasteiger partial charge in [0, 0.05) is 33.5 Å². The van der Waals surface area contributed by atoms with E-state index in [9.17, 15) is 9.59 Å². The minimum Gasteiger partial charge on any atom is -0.383 e. The van der Waals surface area contributed by atoms with Crippen molar-refractivity contribution in [3.63, 3.8) is 0 Å². The third-order valence-corrected chi connectivity index (χ3v) is 2.06. The molecule has 1 rings (SSSR count). The van der Waals surface area contributed by atoms with Gasteiger partial charge < -0.3 is 10.1 Å². The fourth-order valence-electron chi connectivity index (χ4n) is 1.20. The van der Waals surface area contributed by atoms with E-state index in [0.29, 0.717) is 31.7 Å². The van der Waals surface area contributed by atoms with Gasteiger partial charge in [-0.2, -0.15) is 5.10 Å². The van der Waals surface area contributed by atoms with Crippen molar-refractivity contribution < 1.29 is 14.3 Å². The normalized spacial score (nSPS) is 16.3. The molecule has 6 nitrogen and oxygen atoms in total. The van der Waals surface area contributed by atoms with E-state index in [1.165, 1.54) is 5.01 Å². The third kappa shape index (κ3) is 3.32. The van der Waals surface area contributed by atoms with Crippen molar-refractivity contribution in [2.24, 2.45) is 5.10 Å². The molecule has 0 saturated heterocycles. The lowest BCUT2D eigenvalue weighted by atomic mass is 10.1. The summed E-state index contributed by atoms with van der Waals surface area (Å²) in [7, 11) is 3.11. The fraction of sp³-hybridized carbons (Fsp3) is 0.667. The molecule has 6 heteroatoms. The molecule has 0 atom stereocenters. The number of amides is 2. The topological polar surface area (TPSA) is 71.0 Å². The van der Waals surface area contributed by atoms with E-state index < -0.39 is 0 Å². The van der Waals surface area contributed by atoms with Crippen molar-refractivity contribution >= 4 is 17.5 Å². The lowest BCUT2D eigenvalue weighted by Gasteiger charge is -2.18. The number of rotatable bonds is 4. The summed E-state index contributed by atoms with van der Waals surface area (Å²) in [5, 5.41) is 7.75. The van der Waals surface area contributed by atoms with Crippen LogP contribution < -0.4 is 5.32 Å². The zero-order valence-electron chi connectivity index (χ0n) is 8.95. The second kappa shape index (κ2) is 5.45. The number of hydrogen-bond donors (Lipinski definition) is 1. The molecule has 1 aliphatic rings. The van der Waals surface area contributed by atoms with Crippen LogP contribution in [0, 0.1) is 0 Å².